The number of esters is 2. The molecule has 27 heavy (non-hydrogen) atoms. The predicted octanol–water partition coefficient (Wildman–Crippen LogP) is 1.48. The molecule has 1 fully saturated rings. The van der Waals surface area contributed by atoms with Gasteiger partial charge in [-0.25, -0.2) is 14.4 Å². The molecule has 2 aromatic rings. The van der Waals surface area contributed by atoms with E-state index in [0.717, 1.165) is 4.90 Å². The highest BCUT2D eigenvalue weighted by Gasteiger charge is 2.29. The van der Waals surface area contributed by atoms with E-state index in [0.29, 0.717) is 11.1 Å². The minimum absolute atomic E-state index is 0.0436. The number of carbonyl (C=O) groups excluding carboxylic acids is 4. The van der Waals surface area contributed by atoms with Gasteiger partial charge in [-0.3, -0.25) is 9.69 Å². The number of hydrogen-bond donors (Lipinski definition) is 1. The van der Waals surface area contributed by atoms with Crippen LogP contribution in [-0.2, 0) is 27.4 Å². The first-order valence-electron chi connectivity index (χ1n) is 7.99. The number of amides is 3. The van der Waals surface area contributed by atoms with Crippen molar-refractivity contribution >= 4 is 23.9 Å². The Bertz CT molecular complexity index is 887. The van der Waals surface area contributed by atoms with E-state index < -0.39 is 18.0 Å². The monoisotopic (exact) mass is 372 g/mol. The van der Waals surface area contributed by atoms with Gasteiger partial charge in [-0.05, 0) is 17.7 Å². The van der Waals surface area contributed by atoms with Crippen LogP contribution >= 0.6 is 0 Å². The van der Waals surface area contributed by atoms with Gasteiger partial charge in [0.25, 0.3) is 0 Å². The Labute approximate surface area is 153 Å². The van der Waals surface area contributed by atoms with Crippen molar-refractivity contribution < 1.29 is 33.1 Å². The topological polar surface area (TPSA) is 115 Å². The van der Waals surface area contributed by atoms with E-state index in [1.807, 2.05) is 0 Å². The number of nitrogens with zero attached hydrogens (tertiary/aromatic N) is 1. The number of benzene rings is 1. The number of rotatable bonds is 6. The summed E-state index contributed by atoms with van der Waals surface area (Å²) >= 11 is 0. The maximum absolute atomic E-state index is 12.5. The van der Waals surface area contributed by atoms with Crippen LogP contribution in [-0.4, -0.2) is 42.4 Å². The number of methoxy groups -OCH3 is 1. The van der Waals surface area contributed by atoms with Gasteiger partial charge in [0.05, 0.1) is 32.0 Å². The van der Waals surface area contributed by atoms with Crippen molar-refractivity contribution in [2.24, 2.45) is 0 Å². The lowest BCUT2D eigenvalue weighted by Gasteiger charge is -2.15. The van der Waals surface area contributed by atoms with Crippen molar-refractivity contribution in [3.63, 3.8) is 0 Å². The van der Waals surface area contributed by atoms with Crippen LogP contribution in [0.15, 0.2) is 41.0 Å². The smallest absolute Gasteiger partial charge is 0.374 e. The highest BCUT2D eigenvalue weighted by atomic mass is 16.5. The first kappa shape index (κ1) is 18.2. The second kappa shape index (κ2) is 7.73. The lowest BCUT2D eigenvalue weighted by molar-refractivity contribution is -0.125. The Kier molecular flexibility index (Phi) is 5.20. The van der Waals surface area contributed by atoms with Crippen molar-refractivity contribution in [1.29, 1.82) is 0 Å². The van der Waals surface area contributed by atoms with Crippen LogP contribution in [0.2, 0.25) is 0 Å². The molecule has 0 aliphatic carbocycles. The molecule has 2 heterocycles. The van der Waals surface area contributed by atoms with Crippen LogP contribution in [0.25, 0.3) is 0 Å². The molecule has 0 bridgehead atoms. The van der Waals surface area contributed by atoms with Crippen LogP contribution in [0.4, 0.5) is 4.79 Å². The summed E-state index contributed by atoms with van der Waals surface area (Å²) in [6.45, 7) is -0.311. The Morgan fingerprint density at radius 2 is 1.93 bits per heavy atom. The zero-order chi connectivity index (χ0) is 19.4. The summed E-state index contributed by atoms with van der Waals surface area (Å²) in [6, 6.07) is 7.49. The number of nitrogens with one attached hydrogen (secondary N) is 1. The van der Waals surface area contributed by atoms with Crippen molar-refractivity contribution in [3.05, 3.63) is 59.0 Å². The SMILES string of the molecule is COC(=O)c1occc1COC(=O)c1ccccc1CN1C(=O)CNC1=O. The number of carbonyl (C=O) groups is 4. The van der Waals surface area contributed by atoms with Crippen molar-refractivity contribution in [2.75, 3.05) is 13.7 Å². The molecule has 0 atom stereocenters. The molecule has 0 unspecified atom stereocenters. The fourth-order valence-electron chi connectivity index (χ4n) is 2.59. The molecule has 1 saturated heterocycles. The van der Waals surface area contributed by atoms with Crippen molar-refractivity contribution in [3.8, 4) is 0 Å². The minimum atomic E-state index is -0.676. The van der Waals surface area contributed by atoms with E-state index in [9.17, 15) is 19.2 Å². The molecule has 3 rings (SSSR count). The number of ether oxygens (including phenoxy) is 2. The van der Waals surface area contributed by atoms with E-state index in [2.05, 4.69) is 10.1 Å². The Balaban J connectivity index is 1.72. The van der Waals surface area contributed by atoms with E-state index in [1.54, 1.807) is 18.2 Å². The van der Waals surface area contributed by atoms with Gasteiger partial charge < -0.3 is 19.2 Å². The molecule has 1 aromatic heterocycles. The highest BCUT2D eigenvalue weighted by Crippen LogP contribution is 2.18. The highest BCUT2D eigenvalue weighted by molar-refractivity contribution is 6.02. The van der Waals surface area contributed by atoms with Gasteiger partial charge in [-0.1, -0.05) is 18.2 Å². The lowest BCUT2D eigenvalue weighted by Crippen LogP contribution is -2.31. The van der Waals surface area contributed by atoms with E-state index in [4.69, 9.17) is 9.15 Å². The van der Waals surface area contributed by atoms with Crippen LogP contribution in [0.5, 0.6) is 0 Å². The largest absolute Gasteiger partial charge is 0.463 e. The molecule has 0 saturated carbocycles. The third kappa shape index (κ3) is 3.81. The van der Waals surface area contributed by atoms with Crippen LogP contribution in [0, 0.1) is 0 Å². The normalized spacial score (nSPS) is 13.4. The molecule has 1 aromatic carbocycles. The molecule has 0 radical (unpaired) electrons. The van der Waals surface area contributed by atoms with Crippen LogP contribution in [0.3, 0.4) is 0 Å². The molecular formula is C18H16N2O7. The van der Waals surface area contributed by atoms with Gasteiger partial charge in [-0.2, -0.15) is 0 Å². The molecule has 1 aliphatic rings. The second-order valence-electron chi connectivity index (χ2n) is 5.64. The quantitative estimate of drug-likeness (QED) is 0.603. The Morgan fingerprint density at radius 1 is 1.15 bits per heavy atom. The molecule has 0 spiro atoms. The summed E-state index contributed by atoms with van der Waals surface area (Å²) in [4.78, 5) is 48.5. The molecule has 1 aliphatic heterocycles. The van der Waals surface area contributed by atoms with Gasteiger partial charge in [0, 0.05) is 5.56 Å². The molecule has 140 valence electrons. The summed E-state index contributed by atoms with van der Waals surface area (Å²) < 4.78 is 14.9. The van der Waals surface area contributed by atoms with Gasteiger partial charge >= 0.3 is 18.0 Å². The zero-order valence-corrected chi connectivity index (χ0v) is 14.4. The summed E-state index contributed by atoms with van der Waals surface area (Å²) in [5.41, 5.74) is 1.04. The first-order valence-corrected chi connectivity index (χ1v) is 7.99. The molecule has 9 heteroatoms. The molecule has 9 nitrogen and oxygen atoms in total. The van der Waals surface area contributed by atoms with E-state index >= 15 is 0 Å². The second-order valence-corrected chi connectivity index (χ2v) is 5.64. The zero-order valence-electron chi connectivity index (χ0n) is 14.4. The number of urea groups is 1. The summed E-state index contributed by atoms with van der Waals surface area (Å²) in [5, 5.41) is 2.42. The maximum Gasteiger partial charge on any atom is 0.374 e. The van der Waals surface area contributed by atoms with Gasteiger partial charge in [0.15, 0.2) is 0 Å². The maximum atomic E-state index is 12.5. The van der Waals surface area contributed by atoms with Crippen molar-refractivity contribution in [1.82, 2.24) is 10.2 Å². The van der Waals surface area contributed by atoms with Gasteiger partial charge in [0.2, 0.25) is 11.7 Å². The number of furan rings is 1. The molecule has 3 amide bonds. The lowest BCUT2D eigenvalue weighted by atomic mass is 10.1. The van der Waals surface area contributed by atoms with Crippen LogP contribution in [0.1, 0.15) is 32.0 Å². The van der Waals surface area contributed by atoms with Gasteiger partial charge in [-0.15, -0.1) is 0 Å². The predicted molar refractivity (Wildman–Crippen MR) is 89.6 cm³/mol. The fraction of sp³-hybridized carbons (Fsp3) is 0.222. The Hall–Kier alpha value is -3.62. The minimum Gasteiger partial charge on any atom is -0.463 e. The average Bonchev–Trinajstić information content (AvgIpc) is 3.27. The average molecular weight is 372 g/mol. The summed E-state index contributed by atoms with van der Waals surface area (Å²) in [6.07, 6.45) is 1.29. The summed E-state index contributed by atoms with van der Waals surface area (Å²) in [5.74, 6) is -1.75. The first-order chi connectivity index (χ1) is 13.0. The number of imide groups is 1. The van der Waals surface area contributed by atoms with Gasteiger partial charge in [0.1, 0.15) is 6.61 Å². The fourth-order valence-corrected chi connectivity index (χ4v) is 2.59. The summed E-state index contributed by atoms with van der Waals surface area (Å²) in [7, 11) is 1.21. The molecule has 1 N–H and O–H groups in total. The number of hydrogen-bond acceptors (Lipinski definition) is 7. The van der Waals surface area contributed by atoms with Crippen molar-refractivity contribution in [2.45, 2.75) is 13.2 Å². The third-order valence-electron chi connectivity index (χ3n) is 3.98. The van der Waals surface area contributed by atoms with E-state index in [-0.39, 0.29) is 36.9 Å². The Morgan fingerprint density at radius 3 is 2.63 bits per heavy atom. The third-order valence-corrected chi connectivity index (χ3v) is 3.98. The van der Waals surface area contributed by atoms with Crippen LogP contribution < -0.4 is 5.32 Å². The molecular weight excluding hydrogens is 356 g/mol. The van der Waals surface area contributed by atoms with E-state index in [1.165, 1.54) is 25.5 Å². The standard InChI is InChI=1S/C18H16N2O7/c1-25-17(23)15-12(6-7-26-15)10-27-16(22)13-5-3-2-4-11(13)9-20-14(21)8-19-18(20)24/h2-7H,8-10H2,1H3,(H,19,24).